The molecule has 1 aliphatic rings. The predicted molar refractivity (Wildman–Crippen MR) is 79.1 cm³/mol. The number of ether oxygens (including phenoxy) is 2. The lowest BCUT2D eigenvalue weighted by molar-refractivity contribution is -0.258. The number of carboxylic acids is 1. The molecule has 1 aromatic rings. The molecule has 22 heavy (non-hydrogen) atoms. The smallest absolute Gasteiger partial charge is 0.305 e. The van der Waals surface area contributed by atoms with Gasteiger partial charge in [-0.25, -0.2) is 0 Å². The minimum atomic E-state index is -0.949. The van der Waals surface area contributed by atoms with Gasteiger partial charge in [0.2, 0.25) is 5.91 Å². The first-order valence-electron chi connectivity index (χ1n) is 7.22. The second-order valence-corrected chi connectivity index (χ2v) is 5.99. The summed E-state index contributed by atoms with van der Waals surface area (Å²) in [4.78, 5) is 22.8. The molecule has 1 aromatic carbocycles. The Morgan fingerprint density at radius 2 is 2.00 bits per heavy atom. The molecule has 1 saturated heterocycles. The topological polar surface area (TPSA) is 84.9 Å². The average Bonchev–Trinajstić information content (AvgIpc) is 2.47. The second kappa shape index (κ2) is 6.89. The number of amides is 1. The fourth-order valence-corrected chi connectivity index (χ4v) is 2.30. The molecule has 1 fully saturated rings. The van der Waals surface area contributed by atoms with Crippen molar-refractivity contribution < 1.29 is 24.2 Å². The summed E-state index contributed by atoms with van der Waals surface area (Å²) in [5, 5.41) is 11.2. The van der Waals surface area contributed by atoms with Crippen molar-refractivity contribution in [1.29, 1.82) is 0 Å². The summed E-state index contributed by atoms with van der Waals surface area (Å²) in [5.41, 5.74) is 0.361. The Labute approximate surface area is 129 Å². The highest BCUT2D eigenvalue weighted by molar-refractivity contribution is 5.82. The van der Waals surface area contributed by atoms with Crippen molar-refractivity contribution in [1.82, 2.24) is 5.32 Å². The number of aliphatic carboxylic acids is 1. The van der Waals surface area contributed by atoms with Crippen LogP contribution >= 0.6 is 0 Å². The normalized spacial score (nSPS) is 23.7. The van der Waals surface area contributed by atoms with E-state index in [-0.39, 0.29) is 18.9 Å². The van der Waals surface area contributed by atoms with Crippen LogP contribution in [0.2, 0.25) is 0 Å². The fraction of sp³-hybridized carbons (Fsp3) is 0.500. The van der Waals surface area contributed by atoms with Gasteiger partial charge in [-0.05, 0) is 0 Å². The molecule has 6 nitrogen and oxygen atoms in total. The van der Waals surface area contributed by atoms with Gasteiger partial charge < -0.3 is 19.9 Å². The summed E-state index contributed by atoms with van der Waals surface area (Å²) in [7, 11) is 0. The Kier molecular flexibility index (Phi) is 5.15. The first kappa shape index (κ1) is 16.5. The number of benzene rings is 1. The Hall–Kier alpha value is -1.92. The van der Waals surface area contributed by atoms with Crippen molar-refractivity contribution in [3.05, 3.63) is 35.9 Å². The highest BCUT2D eigenvalue weighted by Gasteiger charge is 2.43. The number of hydrogen-bond donors (Lipinski definition) is 2. The maximum absolute atomic E-state index is 12.3. The predicted octanol–water partition coefficient (Wildman–Crippen LogP) is 1.72. The number of carboxylic acid groups (broad SMARTS) is 1. The molecule has 6 heteroatoms. The molecule has 120 valence electrons. The molecule has 0 saturated carbocycles. The van der Waals surface area contributed by atoms with Gasteiger partial charge in [-0.2, -0.15) is 0 Å². The summed E-state index contributed by atoms with van der Waals surface area (Å²) in [6.07, 6.45) is -1.40. The number of nitrogens with one attached hydrogen (secondary N) is 1. The maximum Gasteiger partial charge on any atom is 0.305 e. The van der Waals surface area contributed by atoms with Gasteiger partial charge in [-0.15, -0.1) is 0 Å². The zero-order chi connectivity index (χ0) is 16.2. The third kappa shape index (κ3) is 4.05. The van der Waals surface area contributed by atoms with Gasteiger partial charge in [0.25, 0.3) is 0 Å². The van der Waals surface area contributed by atoms with E-state index >= 15 is 0 Å². The van der Waals surface area contributed by atoms with Gasteiger partial charge in [-0.3, -0.25) is 9.59 Å². The summed E-state index contributed by atoms with van der Waals surface area (Å²) in [6, 6.07) is 9.41. The van der Waals surface area contributed by atoms with E-state index in [0.29, 0.717) is 6.61 Å². The number of carbonyl (C=O) groups excluding carboxylic acids is 1. The molecule has 1 amide bonds. The second-order valence-electron chi connectivity index (χ2n) is 5.99. The van der Waals surface area contributed by atoms with Crippen LogP contribution in [0, 0.1) is 5.41 Å². The zero-order valence-corrected chi connectivity index (χ0v) is 12.7. The van der Waals surface area contributed by atoms with Crippen LogP contribution in [0.3, 0.4) is 0 Å². The average molecular weight is 307 g/mol. The summed E-state index contributed by atoms with van der Waals surface area (Å²) in [5.74, 6) is -1.26. The van der Waals surface area contributed by atoms with Crippen LogP contribution in [0.1, 0.15) is 32.1 Å². The molecule has 0 aromatic heterocycles. The molecule has 1 aliphatic heterocycles. The van der Waals surface area contributed by atoms with Crippen LogP contribution in [0.25, 0.3) is 0 Å². The van der Waals surface area contributed by atoms with E-state index in [1.54, 1.807) is 0 Å². The van der Waals surface area contributed by atoms with Gasteiger partial charge in [0.05, 0.1) is 13.0 Å². The van der Waals surface area contributed by atoms with E-state index in [1.807, 2.05) is 44.2 Å². The minimum absolute atomic E-state index is 0.0843. The Balaban J connectivity index is 2.03. The van der Waals surface area contributed by atoms with E-state index in [4.69, 9.17) is 14.6 Å². The van der Waals surface area contributed by atoms with Crippen molar-refractivity contribution in [2.75, 3.05) is 13.2 Å². The molecule has 2 atom stereocenters. The summed E-state index contributed by atoms with van der Waals surface area (Å²) in [6.45, 7) is 4.23. The van der Waals surface area contributed by atoms with E-state index in [9.17, 15) is 9.59 Å². The standard InChI is InChI=1S/C16H21NO5/c1-16(2)10-21-15(11-6-4-3-5-7-11)22-13(16)14(20)17-9-8-12(18)19/h3-7,13,15H,8-10H2,1-2H3,(H,17,20)(H,18,19). The lowest BCUT2D eigenvalue weighted by atomic mass is 9.85. The van der Waals surface area contributed by atoms with E-state index in [0.717, 1.165) is 5.56 Å². The van der Waals surface area contributed by atoms with Crippen molar-refractivity contribution in [3.8, 4) is 0 Å². The lowest BCUT2D eigenvalue weighted by Crippen LogP contribution is -2.51. The van der Waals surface area contributed by atoms with Gasteiger partial charge >= 0.3 is 5.97 Å². The summed E-state index contributed by atoms with van der Waals surface area (Å²) < 4.78 is 11.5. The molecular formula is C16H21NO5. The van der Waals surface area contributed by atoms with Gasteiger partial charge in [0.15, 0.2) is 6.29 Å². The van der Waals surface area contributed by atoms with Crippen LogP contribution in [0.5, 0.6) is 0 Å². The van der Waals surface area contributed by atoms with Crippen LogP contribution in [-0.4, -0.2) is 36.2 Å². The molecule has 1 heterocycles. The van der Waals surface area contributed by atoms with Gasteiger partial charge in [0, 0.05) is 17.5 Å². The monoisotopic (exact) mass is 307 g/mol. The van der Waals surface area contributed by atoms with E-state index in [1.165, 1.54) is 0 Å². The number of rotatable bonds is 5. The Bertz CT molecular complexity index is 529. The molecule has 0 radical (unpaired) electrons. The molecular weight excluding hydrogens is 286 g/mol. The quantitative estimate of drug-likeness (QED) is 0.865. The SMILES string of the molecule is CC1(C)COC(c2ccccc2)OC1C(=O)NCCC(=O)O. The van der Waals surface area contributed by atoms with Gasteiger partial charge in [0.1, 0.15) is 6.10 Å². The van der Waals surface area contributed by atoms with Crippen LogP contribution in [0.4, 0.5) is 0 Å². The molecule has 0 spiro atoms. The van der Waals surface area contributed by atoms with E-state index in [2.05, 4.69) is 5.32 Å². The third-order valence-electron chi connectivity index (χ3n) is 3.52. The fourth-order valence-electron chi connectivity index (χ4n) is 2.30. The molecule has 0 aliphatic carbocycles. The lowest BCUT2D eigenvalue weighted by Gasteiger charge is -2.41. The molecule has 2 N–H and O–H groups in total. The minimum Gasteiger partial charge on any atom is -0.481 e. The largest absolute Gasteiger partial charge is 0.481 e. The highest BCUT2D eigenvalue weighted by atomic mass is 16.7. The van der Waals surface area contributed by atoms with Crippen molar-refractivity contribution in [2.45, 2.75) is 32.7 Å². The Morgan fingerprint density at radius 1 is 1.32 bits per heavy atom. The third-order valence-corrected chi connectivity index (χ3v) is 3.52. The number of hydrogen-bond acceptors (Lipinski definition) is 4. The first-order chi connectivity index (χ1) is 10.4. The van der Waals surface area contributed by atoms with Gasteiger partial charge in [-0.1, -0.05) is 44.2 Å². The first-order valence-corrected chi connectivity index (χ1v) is 7.22. The summed E-state index contributed by atoms with van der Waals surface area (Å²) >= 11 is 0. The maximum atomic E-state index is 12.3. The Morgan fingerprint density at radius 3 is 2.64 bits per heavy atom. The number of carbonyl (C=O) groups is 2. The molecule has 2 unspecified atom stereocenters. The van der Waals surface area contributed by atoms with Crippen molar-refractivity contribution >= 4 is 11.9 Å². The molecule has 0 bridgehead atoms. The van der Waals surface area contributed by atoms with Crippen LogP contribution in [0.15, 0.2) is 30.3 Å². The molecule has 2 rings (SSSR count). The van der Waals surface area contributed by atoms with Crippen LogP contribution < -0.4 is 5.32 Å². The van der Waals surface area contributed by atoms with E-state index < -0.39 is 23.8 Å². The van der Waals surface area contributed by atoms with Crippen molar-refractivity contribution in [3.63, 3.8) is 0 Å². The van der Waals surface area contributed by atoms with Crippen LogP contribution in [-0.2, 0) is 19.1 Å². The zero-order valence-electron chi connectivity index (χ0n) is 12.7. The van der Waals surface area contributed by atoms with Crippen molar-refractivity contribution in [2.24, 2.45) is 5.41 Å². The highest BCUT2D eigenvalue weighted by Crippen LogP contribution is 2.36.